The van der Waals surface area contributed by atoms with Gasteiger partial charge in [0.15, 0.2) is 4.96 Å². The van der Waals surface area contributed by atoms with Crippen molar-refractivity contribution >= 4 is 22.2 Å². The molecule has 3 aromatic heterocycles. The van der Waals surface area contributed by atoms with Gasteiger partial charge >= 0.3 is 0 Å². The Kier molecular flexibility index (Phi) is 5.19. The summed E-state index contributed by atoms with van der Waals surface area (Å²) in [6.45, 7) is 8.93. The molecular formula is C17H21N5O3S. The van der Waals surface area contributed by atoms with Crippen LogP contribution in [0.5, 0.6) is 0 Å². The molecule has 26 heavy (non-hydrogen) atoms. The van der Waals surface area contributed by atoms with Crippen molar-refractivity contribution in [3.8, 4) is 0 Å². The van der Waals surface area contributed by atoms with Crippen LogP contribution in [0, 0.1) is 20.8 Å². The molecule has 3 rings (SSSR count). The highest BCUT2D eigenvalue weighted by molar-refractivity contribution is 7.17. The summed E-state index contributed by atoms with van der Waals surface area (Å²) < 4.78 is 6.52. The number of nitrogens with one attached hydrogen (secondary N) is 2. The van der Waals surface area contributed by atoms with Gasteiger partial charge in [-0.15, -0.1) is 11.3 Å². The number of aryl methyl sites for hydroxylation is 3. The molecule has 0 radical (unpaired) electrons. The van der Waals surface area contributed by atoms with Gasteiger partial charge in [-0.1, -0.05) is 5.16 Å². The highest BCUT2D eigenvalue weighted by atomic mass is 32.1. The molecule has 1 amide bonds. The van der Waals surface area contributed by atoms with E-state index in [2.05, 4.69) is 20.8 Å². The summed E-state index contributed by atoms with van der Waals surface area (Å²) in [5.74, 6) is 0.517. The van der Waals surface area contributed by atoms with Crippen LogP contribution in [0.4, 0.5) is 0 Å². The average Bonchev–Trinajstić information content (AvgIpc) is 3.08. The number of carbonyl (C=O) groups excluding carboxylic acids is 1. The van der Waals surface area contributed by atoms with Crippen LogP contribution in [0.1, 0.15) is 45.0 Å². The second-order valence-electron chi connectivity index (χ2n) is 5.98. The molecule has 0 aliphatic carbocycles. The summed E-state index contributed by atoms with van der Waals surface area (Å²) in [6.07, 6.45) is 0. The Balaban J connectivity index is 1.83. The van der Waals surface area contributed by atoms with Crippen molar-refractivity contribution in [3.63, 3.8) is 0 Å². The summed E-state index contributed by atoms with van der Waals surface area (Å²) in [5, 5.41) is 9.91. The van der Waals surface area contributed by atoms with Crippen molar-refractivity contribution < 1.29 is 9.32 Å². The van der Waals surface area contributed by atoms with Crippen molar-refractivity contribution in [2.45, 2.75) is 40.8 Å². The van der Waals surface area contributed by atoms with Gasteiger partial charge < -0.3 is 15.2 Å². The minimum Gasteiger partial charge on any atom is -0.361 e. The molecule has 0 atom stereocenters. The van der Waals surface area contributed by atoms with E-state index in [1.54, 1.807) is 0 Å². The van der Waals surface area contributed by atoms with Crippen LogP contribution in [-0.4, -0.2) is 27.0 Å². The summed E-state index contributed by atoms with van der Waals surface area (Å²) in [4.78, 5) is 30.6. The van der Waals surface area contributed by atoms with E-state index in [9.17, 15) is 9.59 Å². The number of aromatic nitrogens is 3. The van der Waals surface area contributed by atoms with Crippen molar-refractivity contribution in [1.82, 2.24) is 25.2 Å². The largest absolute Gasteiger partial charge is 0.361 e. The lowest BCUT2D eigenvalue weighted by molar-refractivity contribution is 0.0949. The minimum atomic E-state index is -0.260. The molecule has 8 nitrogen and oxygen atoms in total. The first-order chi connectivity index (χ1) is 12.4. The van der Waals surface area contributed by atoms with Crippen molar-refractivity contribution in [2.24, 2.45) is 0 Å². The predicted octanol–water partition coefficient (Wildman–Crippen LogP) is 1.71. The van der Waals surface area contributed by atoms with Crippen LogP contribution in [-0.2, 0) is 13.1 Å². The first-order valence-corrected chi connectivity index (χ1v) is 9.16. The van der Waals surface area contributed by atoms with Gasteiger partial charge in [-0.05, 0) is 27.7 Å². The Morgan fingerprint density at radius 1 is 1.31 bits per heavy atom. The smallest absolute Gasteiger partial charge is 0.269 e. The zero-order chi connectivity index (χ0) is 18.8. The third-order valence-electron chi connectivity index (χ3n) is 4.08. The number of carbonyl (C=O) groups is 1. The van der Waals surface area contributed by atoms with Crippen LogP contribution in [0.3, 0.4) is 0 Å². The predicted molar refractivity (Wildman–Crippen MR) is 98.6 cm³/mol. The molecule has 0 bridgehead atoms. The monoisotopic (exact) mass is 375 g/mol. The molecule has 3 heterocycles. The van der Waals surface area contributed by atoms with Crippen molar-refractivity contribution in [3.05, 3.63) is 49.7 Å². The molecule has 9 heteroatoms. The fourth-order valence-corrected chi connectivity index (χ4v) is 3.78. The molecular weight excluding hydrogens is 354 g/mol. The second-order valence-corrected chi connectivity index (χ2v) is 7.16. The number of hydrogen-bond donors (Lipinski definition) is 2. The number of fused-ring (bicyclic) bond motifs is 1. The first-order valence-electron chi connectivity index (χ1n) is 8.35. The number of hydrogen-bond acceptors (Lipinski definition) is 7. The van der Waals surface area contributed by atoms with E-state index >= 15 is 0 Å². The maximum absolute atomic E-state index is 12.5. The van der Waals surface area contributed by atoms with E-state index in [0.29, 0.717) is 36.0 Å². The summed E-state index contributed by atoms with van der Waals surface area (Å²) in [5.41, 5.74) is 2.59. The van der Waals surface area contributed by atoms with E-state index in [4.69, 9.17) is 4.52 Å². The van der Waals surface area contributed by atoms with Gasteiger partial charge in [0.05, 0.1) is 11.4 Å². The van der Waals surface area contributed by atoms with Gasteiger partial charge in [0.1, 0.15) is 11.5 Å². The van der Waals surface area contributed by atoms with Gasteiger partial charge in [-0.2, -0.15) is 0 Å². The van der Waals surface area contributed by atoms with Crippen LogP contribution in [0.25, 0.3) is 4.96 Å². The number of thiazole rings is 1. The number of amides is 1. The maximum atomic E-state index is 12.5. The van der Waals surface area contributed by atoms with Gasteiger partial charge in [0, 0.05) is 36.1 Å². The van der Waals surface area contributed by atoms with Gasteiger partial charge in [-0.25, -0.2) is 9.38 Å². The number of rotatable bonds is 6. The van der Waals surface area contributed by atoms with Crippen LogP contribution in [0.15, 0.2) is 15.4 Å². The average molecular weight is 375 g/mol. The molecule has 0 spiro atoms. The van der Waals surface area contributed by atoms with Gasteiger partial charge in [0.2, 0.25) is 0 Å². The standard InChI is InChI=1S/C17H21N5O3S/c1-5-19-16(24)15-11(4)26-17-20-12(6-14(23)22(15)17)7-18-8-13-9(2)21-25-10(13)3/h6,18H,5,7-8H2,1-4H3,(H,19,24). The van der Waals surface area contributed by atoms with Crippen molar-refractivity contribution in [1.29, 1.82) is 0 Å². The molecule has 0 saturated heterocycles. The fourth-order valence-electron chi connectivity index (χ4n) is 2.79. The fraction of sp³-hybridized carbons (Fsp3) is 0.412. The van der Waals surface area contributed by atoms with Crippen LogP contribution < -0.4 is 16.2 Å². The quantitative estimate of drug-likeness (QED) is 0.680. The summed E-state index contributed by atoms with van der Waals surface area (Å²) >= 11 is 1.34. The van der Waals surface area contributed by atoms with E-state index in [-0.39, 0.29) is 11.5 Å². The normalized spacial score (nSPS) is 11.2. The topological polar surface area (TPSA) is 102 Å². The Morgan fingerprint density at radius 3 is 2.73 bits per heavy atom. The Hall–Kier alpha value is -2.52. The van der Waals surface area contributed by atoms with Crippen LogP contribution >= 0.6 is 11.3 Å². The van der Waals surface area contributed by atoms with E-state index in [0.717, 1.165) is 21.9 Å². The van der Waals surface area contributed by atoms with Crippen molar-refractivity contribution in [2.75, 3.05) is 6.54 Å². The summed E-state index contributed by atoms with van der Waals surface area (Å²) in [6, 6.07) is 1.46. The van der Waals surface area contributed by atoms with Gasteiger partial charge in [0.25, 0.3) is 11.5 Å². The van der Waals surface area contributed by atoms with Gasteiger partial charge in [-0.3, -0.25) is 9.59 Å². The Morgan fingerprint density at radius 2 is 2.08 bits per heavy atom. The molecule has 0 aliphatic rings. The first kappa shape index (κ1) is 18.3. The molecule has 3 aromatic rings. The van der Waals surface area contributed by atoms with E-state index in [1.807, 2.05) is 27.7 Å². The Labute approximate surface area is 154 Å². The minimum absolute atomic E-state index is 0.255. The Bertz CT molecular complexity index is 998. The van der Waals surface area contributed by atoms with E-state index < -0.39 is 0 Å². The maximum Gasteiger partial charge on any atom is 0.269 e. The molecule has 0 aliphatic heterocycles. The third-order valence-corrected chi connectivity index (χ3v) is 5.04. The lowest BCUT2D eigenvalue weighted by atomic mass is 10.2. The molecule has 138 valence electrons. The molecule has 2 N–H and O–H groups in total. The zero-order valence-electron chi connectivity index (χ0n) is 15.2. The van der Waals surface area contributed by atoms with Crippen LogP contribution in [0.2, 0.25) is 0 Å². The molecule has 0 unspecified atom stereocenters. The zero-order valence-corrected chi connectivity index (χ0v) is 16.0. The second kappa shape index (κ2) is 7.38. The lowest BCUT2D eigenvalue weighted by Gasteiger charge is -2.06. The molecule has 0 aromatic carbocycles. The highest BCUT2D eigenvalue weighted by Gasteiger charge is 2.18. The molecule has 0 fully saturated rings. The number of nitrogens with zero attached hydrogens (tertiary/aromatic N) is 3. The summed E-state index contributed by atoms with van der Waals surface area (Å²) in [7, 11) is 0. The third kappa shape index (κ3) is 3.40. The SMILES string of the molecule is CCNC(=O)c1c(C)sc2nc(CNCc3c(C)noc3C)cc(=O)n12. The highest BCUT2D eigenvalue weighted by Crippen LogP contribution is 2.20. The molecule has 0 saturated carbocycles. The van der Waals surface area contributed by atoms with E-state index in [1.165, 1.54) is 21.8 Å². The lowest BCUT2D eigenvalue weighted by Crippen LogP contribution is -2.28.